The number of carbonyl (C=O) groups is 1. The van der Waals surface area contributed by atoms with E-state index in [4.69, 9.17) is 20.6 Å². The summed E-state index contributed by atoms with van der Waals surface area (Å²) in [5.41, 5.74) is 8.70. The number of benzene rings is 3. The van der Waals surface area contributed by atoms with E-state index in [2.05, 4.69) is 17.4 Å². The van der Waals surface area contributed by atoms with Crippen LogP contribution in [-0.2, 0) is 4.79 Å². The van der Waals surface area contributed by atoms with E-state index in [1.807, 2.05) is 24.3 Å². The van der Waals surface area contributed by atoms with Crippen LogP contribution in [0.5, 0.6) is 11.5 Å². The molecular formula is C24H21N3O3S. The molecule has 4 aromatic rings. The number of ether oxygens (including phenoxy) is 2. The molecule has 4 N–H and O–H groups in total. The molecule has 0 aliphatic carbocycles. The Labute approximate surface area is 183 Å². The minimum atomic E-state index is -0.314. The molecule has 1 aromatic heterocycles. The van der Waals surface area contributed by atoms with Gasteiger partial charge in [-0.25, -0.2) is 0 Å². The summed E-state index contributed by atoms with van der Waals surface area (Å²) in [4.78, 5) is 13.4. The summed E-state index contributed by atoms with van der Waals surface area (Å²) in [6.07, 6.45) is 1.19. The lowest BCUT2D eigenvalue weighted by molar-refractivity contribution is -0.118. The largest absolute Gasteiger partial charge is 0.497 e. The van der Waals surface area contributed by atoms with Crippen molar-refractivity contribution in [3.05, 3.63) is 72.3 Å². The Morgan fingerprint density at radius 1 is 1.10 bits per heavy atom. The molecule has 0 spiro atoms. The van der Waals surface area contributed by atoms with E-state index in [9.17, 15) is 4.79 Å². The Hall–Kier alpha value is -3.84. The Kier molecular flexibility index (Phi) is 5.86. The fourth-order valence-corrected chi connectivity index (χ4v) is 4.32. The third-order valence-corrected chi connectivity index (χ3v) is 5.90. The quantitative estimate of drug-likeness (QED) is 0.278. The topological polar surface area (TPSA) is 97.4 Å². The first-order valence-corrected chi connectivity index (χ1v) is 10.4. The summed E-state index contributed by atoms with van der Waals surface area (Å²) in [5, 5.41) is 11.7. The van der Waals surface area contributed by atoms with Crippen LogP contribution in [-0.4, -0.2) is 25.8 Å². The van der Waals surface area contributed by atoms with Gasteiger partial charge in [0.15, 0.2) is 6.61 Å². The number of nitrogens with two attached hydrogens (primary N) is 1. The van der Waals surface area contributed by atoms with Crippen molar-refractivity contribution in [2.75, 3.05) is 24.8 Å². The van der Waals surface area contributed by atoms with Gasteiger partial charge in [0.1, 0.15) is 11.5 Å². The van der Waals surface area contributed by atoms with Gasteiger partial charge in [-0.2, -0.15) is 0 Å². The highest BCUT2D eigenvalue weighted by Gasteiger charge is 2.14. The van der Waals surface area contributed by atoms with Gasteiger partial charge < -0.3 is 25.9 Å². The Balaban J connectivity index is 1.56. The molecule has 0 saturated carbocycles. The Bertz CT molecular complexity index is 1230. The molecule has 0 atom stereocenters. The monoisotopic (exact) mass is 431 g/mol. The fourth-order valence-electron chi connectivity index (χ4n) is 3.22. The molecule has 0 saturated heterocycles. The van der Waals surface area contributed by atoms with Crippen molar-refractivity contribution >= 4 is 44.9 Å². The van der Waals surface area contributed by atoms with E-state index in [0.717, 1.165) is 20.5 Å². The van der Waals surface area contributed by atoms with Crippen molar-refractivity contribution in [1.29, 1.82) is 5.41 Å². The standard InChI is InChI=1S/C24H21N3O3S/c1-29-18-6-4-7-19(12-18)30-14-23(28)27-17-9-16(13-25)24(26)20(11-17)22-10-15-5-2-3-8-21(15)31-22/h2-13,25H,14,26H2,1H3,(H,27,28). The number of fused-ring (bicyclic) bond motifs is 1. The zero-order valence-electron chi connectivity index (χ0n) is 16.8. The van der Waals surface area contributed by atoms with Gasteiger partial charge in [-0.1, -0.05) is 24.3 Å². The lowest BCUT2D eigenvalue weighted by Gasteiger charge is -2.13. The maximum absolute atomic E-state index is 12.5. The first-order chi connectivity index (χ1) is 15.1. The minimum absolute atomic E-state index is 0.157. The molecule has 1 heterocycles. The second kappa shape index (κ2) is 8.89. The van der Waals surface area contributed by atoms with Crippen LogP contribution in [0.2, 0.25) is 0 Å². The average molecular weight is 432 g/mol. The highest BCUT2D eigenvalue weighted by atomic mass is 32.1. The smallest absolute Gasteiger partial charge is 0.262 e. The van der Waals surface area contributed by atoms with Crippen LogP contribution in [0.4, 0.5) is 11.4 Å². The number of nitrogen functional groups attached to an aromatic ring is 1. The molecule has 156 valence electrons. The summed E-state index contributed by atoms with van der Waals surface area (Å²) in [7, 11) is 1.57. The molecule has 31 heavy (non-hydrogen) atoms. The molecule has 0 bridgehead atoms. The molecular weight excluding hydrogens is 410 g/mol. The van der Waals surface area contributed by atoms with Crippen molar-refractivity contribution in [3.8, 4) is 21.9 Å². The summed E-state index contributed by atoms with van der Waals surface area (Å²) in [6, 6.07) is 20.7. The van der Waals surface area contributed by atoms with Gasteiger partial charge >= 0.3 is 0 Å². The number of amides is 1. The number of anilines is 2. The SMILES string of the molecule is COc1cccc(OCC(=O)Nc2cc(C=N)c(N)c(-c3cc4ccccc4s3)c2)c1. The molecule has 0 aliphatic rings. The third-order valence-electron chi connectivity index (χ3n) is 4.75. The lowest BCUT2D eigenvalue weighted by Crippen LogP contribution is -2.20. The number of nitrogens with one attached hydrogen (secondary N) is 2. The Morgan fingerprint density at radius 3 is 2.68 bits per heavy atom. The van der Waals surface area contributed by atoms with E-state index in [1.54, 1.807) is 48.8 Å². The Morgan fingerprint density at radius 2 is 1.90 bits per heavy atom. The van der Waals surface area contributed by atoms with Gasteiger partial charge in [0.25, 0.3) is 5.91 Å². The number of thiophene rings is 1. The molecule has 0 fully saturated rings. The van der Waals surface area contributed by atoms with Crippen molar-refractivity contribution in [2.24, 2.45) is 0 Å². The zero-order chi connectivity index (χ0) is 21.8. The first-order valence-electron chi connectivity index (χ1n) is 9.57. The lowest BCUT2D eigenvalue weighted by atomic mass is 10.0. The van der Waals surface area contributed by atoms with Crippen LogP contribution in [0, 0.1) is 5.41 Å². The predicted octanol–water partition coefficient (Wildman–Crippen LogP) is 5.17. The van der Waals surface area contributed by atoms with Gasteiger partial charge in [-0.3, -0.25) is 4.79 Å². The van der Waals surface area contributed by atoms with Gasteiger partial charge in [0.05, 0.1) is 7.11 Å². The van der Waals surface area contributed by atoms with E-state index in [0.29, 0.717) is 28.4 Å². The highest BCUT2D eigenvalue weighted by Crippen LogP contribution is 2.38. The van der Waals surface area contributed by atoms with Gasteiger partial charge in [-0.05, 0) is 41.8 Å². The molecule has 4 rings (SSSR count). The molecule has 3 aromatic carbocycles. The fraction of sp³-hybridized carbons (Fsp3) is 0.0833. The van der Waals surface area contributed by atoms with Crippen LogP contribution in [0.25, 0.3) is 20.5 Å². The molecule has 0 radical (unpaired) electrons. The van der Waals surface area contributed by atoms with Crippen LogP contribution in [0.1, 0.15) is 5.56 Å². The second-order valence-electron chi connectivity index (χ2n) is 6.84. The second-order valence-corrected chi connectivity index (χ2v) is 7.92. The van der Waals surface area contributed by atoms with E-state index in [1.165, 1.54) is 6.21 Å². The number of carbonyl (C=O) groups excluding carboxylic acids is 1. The third kappa shape index (κ3) is 4.51. The van der Waals surface area contributed by atoms with E-state index >= 15 is 0 Å². The summed E-state index contributed by atoms with van der Waals surface area (Å²) < 4.78 is 11.9. The molecule has 0 aliphatic heterocycles. The number of hydrogen-bond acceptors (Lipinski definition) is 6. The van der Waals surface area contributed by atoms with E-state index in [-0.39, 0.29) is 12.5 Å². The summed E-state index contributed by atoms with van der Waals surface area (Å²) >= 11 is 1.62. The molecule has 7 heteroatoms. The van der Waals surface area contributed by atoms with Gasteiger partial charge in [-0.15, -0.1) is 11.3 Å². The van der Waals surface area contributed by atoms with Crippen LogP contribution in [0.15, 0.2) is 66.7 Å². The number of methoxy groups -OCH3 is 1. The maximum atomic E-state index is 12.5. The molecule has 1 amide bonds. The van der Waals surface area contributed by atoms with Crippen molar-refractivity contribution in [1.82, 2.24) is 0 Å². The highest BCUT2D eigenvalue weighted by molar-refractivity contribution is 7.22. The first kappa shape index (κ1) is 20.4. The summed E-state index contributed by atoms with van der Waals surface area (Å²) in [6.45, 7) is -0.157. The van der Waals surface area contributed by atoms with Gasteiger partial charge in [0, 0.05) is 44.4 Å². The average Bonchev–Trinajstić information content (AvgIpc) is 3.23. The van der Waals surface area contributed by atoms with Crippen molar-refractivity contribution in [2.45, 2.75) is 0 Å². The van der Waals surface area contributed by atoms with E-state index < -0.39 is 0 Å². The van der Waals surface area contributed by atoms with Crippen LogP contribution in [0.3, 0.4) is 0 Å². The van der Waals surface area contributed by atoms with Crippen molar-refractivity contribution in [3.63, 3.8) is 0 Å². The van der Waals surface area contributed by atoms with Crippen molar-refractivity contribution < 1.29 is 14.3 Å². The van der Waals surface area contributed by atoms with Crippen LogP contribution < -0.4 is 20.5 Å². The normalized spacial score (nSPS) is 10.6. The van der Waals surface area contributed by atoms with Gasteiger partial charge in [0.2, 0.25) is 0 Å². The molecule has 0 unspecified atom stereocenters. The number of hydrogen-bond donors (Lipinski definition) is 3. The predicted molar refractivity (Wildman–Crippen MR) is 127 cm³/mol. The zero-order valence-corrected chi connectivity index (χ0v) is 17.7. The molecule has 6 nitrogen and oxygen atoms in total. The summed E-state index contributed by atoms with van der Waals surface area (Å²) in [5.74, 6) is 0.879. The minimum Gasteiger partial charge on any atom is -0.497 e. The van der Waals surface area contributed by atoms with Crippen LogP contribution >= 0.6 is 11.3 Å². The maximum Gasteiger partial charge on any atom is 0.262 e. The number of rotatable bonds is 7.